The Balaban J connectivity index is 2.09. The molecule has 2 aromatic carbocycles. The van der Waals surface area contributed by atoms with E-state index in [-0.39, 0.29) is 11.7 Å². The van der Waals surface area contributed by atoms with E-state index in [2.05, 4.69) is 5.32 Å². The van der Waals surface area contributed by atoms with Crippen molar-refractivity contribution >= 4 is 11.6 Å². The lowest BCUT2D eigenvalue weighted by Gasteiger charge is -2.16. The predicted molar refractivity (Wildman–Crippen MR) is 82.9 cm³/mol. The number of benzene rings is 2. The number of amides is 1. The van der Waals surface area contributed by atoms with Crippen molar-refractivity contribution in [2.24, 2.45) is 0 Å². The van der Waals surface area contributed by atoms with Crippen molar-refractivity contribution in [2.45, 2.75) is 20.0 Å². The van der Waals surface area contributed by atoms with E-state index in [1.54, 1.807) is 31.2 Å². The molecule has 2 rings (SSSR count). The Bertz CT molecular complexity index is 673. The summed E-state index contributed by atoms with van der Waals surface area (Å²) in [6.45, 7) is 3.47. The van der Waals surface area contributed by atoms with Gasteiger partial charge in [0.1, 0.15) is 5.75 Å². The van der Waals surface area contributed by atoms with E-state index in [0.717, 1.165) is 5.56 Å². The Kier molecular flexibility index (Phi) is 4.99. The van der Waals surface area contributed by atoms with Crippen LogP contribution in [0.2, 0.25) is 0 Å². The first-order valence-corrected chi connectivity index (χ1v) is 6.88. The first-order chi connectivity index (χ1) is 10.5. The van der Waals surface area contributed by atoms with Crippen LogP contribution < -0.4 is 14.8 Å². The van der Waals surface area contributed by atoms with E-state index in [1.165, 1.54) is 19.2 Å². The Morgan fingerprint density at radius 1 is 1.18 bits per heavy atom. The van der Waals surface area contributed by atoms with Crippen molar-refractivity contribution in [1.29, 1.82) is 0 Å². The highest BCUT2D eigenvalue weighted by atomic mass is 19.1. The van der Waals surface area contributed by atoms with Gasteiger partial charge in [0.15, 0.2) is 17.7 Å². The number of halogens is 1. The first kappa shape index (κ1) is 15.8. The zero-order valence-corrected chi connectivity index (χ0v) is 12.7. The number of hydrogen-bond donors (Lipinski definition) is 1. The number of aryl methyl sites for hydroxylation is 1. The van der Waals surface area contributed by atoms with E-state index in [9.17, 15) is 9.18 Å². The molecule has 0 aliphatic carbocycles. The normalized spacial score (nSPS) is 11.6. The van der Waals surface area contributed by atoms with Gasteiger partial charge in [-0.3, -0.25) is 4.79 Å². The van der Waals surface area contributed by atoms with E-state index in [0.29, 0.717) is 11.4 Å². The predicted octanol–water partition coefficient (Wildman–Crippen LogP) is 3.55. The maximum atomic E-state index is 13.5. The number of carbonyl (C=O) groups is 1. The van der Waals surface area contributed by atoms with Crippen LogP contribution >= 0.6 is 0 Å². The smallest absolute Gasteiger partial charge is 0.265 e. The summed E-state index contributed by atoms with van der Waals surface area (Å²) in [5.74, 6) is -0.291. The van der Waals surface area contributed by atoms with Crippen molar-refractivity contribution < 1.29 is 18.7 Å². The SMILES string of the molecule is COc1ccc(C)cc1NC(=O)[C@@H](C)Oc1ccccc1F. The molecule has 0 saturated carbocycles. The lowest BCUT2D eigenvalue weighted by Crippen LogP contribution is -2.30. The molecule has 4 nitrogen and oxygen atoms in total. The van der Waals surface area contributed by atoms with Crippen LogP contribution in [0.4, 0.5) is 10.1 Å². The molecule has 1 atom stereocenters. The van der Waals surface area contributed by atoms with Crippen LogP contribution in [0.25, 0.3) is 0 Å². The van der Waals surface area contributed by atoms with Crippen molar-refractivity contribution in [1.82, 2.24) is 0 Å². The molecular weight excluding hydrogens is 285 g/mol. The first-order valence-electron chi connectivity index (χ1n) is 6.88. The molecule has 0 unspecified atom stereocenters. The summed E-state index contributed by atoms with van der Waals surface area (Å²) in [5.41, 5.74) is 1.54. The third kappa shape index (κ3) is 3.75. The molecule has 22 heavy (non-hydrogen) atoms. The zero-order valence-electron chi connectivity index (χ0n) is 12.7. The van der Waals surface area contributed by atoms with Crippen molar-refractivity contribution in [2.75, 3.05) is 12.4 Å². The largest absolute Gasteiger partial charge is 0.495 e. The topological polar surface area (TPSA) is 47.6 Å². The minimum absolute atomic E-state index is 0.0429. The van der Waals surface area contributed by atoms with Gasteiger partial charge >= 0.3 is 0 Å². The molecule has 1 amide bonds. The van der Waals surface area contributed by atoms with Crippen molar-refractivity contribution in [3.63, 3.8) is 0 Å². The van der Waals surface area contributed by atoms with Gasteiger partial charge in [-0.05, 0) is 43.7 Å². The minimum atomic E-state index is -0.845. The summed E-state index contributed by atoms with van der Waals surface area (Å²) in [5, 5.41) is 2.73. The Morgan fingerprint density at radius 3 is 2.59 bits per heavy atom. The summed E-state index contributed by atoms with van der Waals surface area (Å²) in [7, 11) is 1.53. The van der Waals surface area contributed by atoms with Crippen LogP contribution in [0.5, 0.6) is 11.5 Å². The Morgan fingerprint density at radius 2 is 1.91 bits per heavy atom. The average Bonchev–Trinajstić information content (AvgIpc) is 2.49. The zero-order chi connectivity index (χ0) is 16.1. The van der Waals surface area contributed by atoms with Gasteiger partial charge in [0.2, 0.25) is 0 Å². The molecule has 5 heteroatoms. The number of ether oxygens (including phenoxy) is 2. The van der Waals surface area contributed by atoms with Gasteiger partial charge in [0.05, 0.1) is 12.8 Å². The van der Waals surface area contributed by atoms with Crippen LogP contribution in [0.15, 0.2) is 42.5 Å². The van der Waals surface area contributed by atoms with Gasteiger partial charge in [-0.1, -0.05) is 18.2 Å². The van der Waals surface area contributed by atoms with Crippen LogP contribution in [0, 0.1) is 12.7 Å². The number of para-hydroxylation sites is 1. The molecule has 0 fully saturated rings. The van der Waals surface area contributed by atoms with Crippen molar-refractivity contribution in [3.8, 4) is 11.5 Å². The highest BCUT2D eigenvalue weighted by molar-refractivity contribution is 5.95. The molecule has 0 heterocycles. The van der Waals surface area contributed by atoms with E-state index < -0.39 is 11.9 Å². The van der Waals surface area contributed by atoms with E-state index >= 15 is 0 Å². The summed E-state index contributed by atoms with van der Waals surface area (Å²) in [4.78, 5) is 12.2. The molecule has 0 bridgehead atoms. The second kappa shape index (κ2) is 6.93. The van der Waals surface area contributed by atoms with Crippen LogP contribution in [-0.2, 0) is 4.79 Å². The van der Waals surface area contributed by atoms with Crippen LogP contribution in [0.3, 0.4) is 0 Å². The molecule has 1 N–H and O–H groups in total. The second-order valence-corrected chi connectivity index (χ2v) is 4.88. The Hall–Kier alpha value is -2.56. The van der Waals surface area contributed by atoms with Crippen LogP contribution in [-0.4, -0.2) is 19.1 Å². The van der Waals surface area contributed by atoms with Gasteiger partial charge in [-0.2, -0.15) is 0 Å². The van der Waals surface area contributed by atoms with Gasteiger partial charge in [-0.15, -0.1) is 0 Å². The molecule has 2 aromatic rings. The number of hydrogen-bond acceptors (Lipinski definition) is 3. The van der Waals surface area contributed by atoms with Gasteiger partial charge < -0.3 is 14.8 Å². The van der Waals surface area contributed by atoms with E-state index in [4.69, 9.17) is 9.47 Å². The lowest BCUT2D eigenvalue weighted by molar-refractivity contribution is -0.122. The molecular formula is C17H18FNO3. The quantitative estimate of drug-likeness (QED) is 0.919. The highest BCUT2D eigenvalue weighted by Crippen LogP contribution is 2.25. The molecule has 0 radical (unpaired) electrons. The maximum absolute atomic E-state index is 13.5. The maximum Gasteiger partial charge on any atom is 0.265 e. The fourth-order valence-electron chi connectivity index (χ4n) is 1.94. The number of carbonyl (C=O) groups excluding carboxylic acids is 1. The van der Waals surface area contributed by atoms with Gasteiger partial charge in [0, 0.05) is 0 Å². The van der Waals surface area contributed by atoms with Crippen molar-refractivity contribution in [3.05, 3.63) is 53.8 Å². The van der Waals surface area contributed by atoms with E-state index in [1.807, 2.05) is 13.0 Å². The molecule has 0 aliphatic heterocycles. The highest BCUT2D eigenvalue weighted by Gasteiger charge is 2.18. The monoisotopic (exact) mass is 303 g/mol. The number of nitrogens with one attached hydrogen (secondary N) is 1. The summed E-state index contributed by atoms with van der Waals surface area (Å²) in [6.07, 6.45) is -0.845. The molecule has 0 saturated heterocycles. The summed E-state index contributed by atoms with van der Waals surface area (Å²) >= 11 is 0. The third-order valence-corrected chi connectivity index (χ3v) is 3.12. The summed E-state index contributed by atoms with van der Waals surface area (Å²) in [6, 6.07) is 11.4. The number of methoxy groups -OCH3 is 1. The molecule has 0 spiro atoms. The fourth-order valence-corrected chi connectivity index (χ4v) is 1.94. The van der Waals surface area contributed by atoms with Crippen LogP contribution in [0.1, 0.15) is 12.5 Å². The standard InChI is InChI=1S/C17H18FNO3/c1-11-8-9-16(21-3)14(10-11)19-17(20)12(2)22-15-7-5-4-6-13(15)18/h4-10,12H,1-3H3,(H,19,20)/t12-/m1/s1. The van der Waals surface area contributed by atoms with Gasteiger partial charge in [-0.25, -0.2) is 4.39 Å². The number of rotatable bonds is 5. The fraction of sp³-hybridized carbons (Fsp3) is 0.235. The molecule has 116 valence electrons. The number of anilines is 1. The molecule has 0 aromatic heterocycles. The lowest BCUT2D eigenvalue weighted by atomic mass is 10.2. The Labute approximate surface area is 128 Å². The molecule has 0 aliphatic rings. The average molecular weight is 303 g/mol. The summed E-state index contributed by atoms with van der Waals surface area (Å²) < 4.78 is 24.1. The third-order valence-electron chi connectivity index (χ3n) is 3.12. The van der Waals surface area contributed by atoms with Gasteiger partial charge in [0.25, 0.3) is 5.91 Å². The minimum Gasteiger partial charge on any atom is -0.495 e. The second-order valence-electron chi connectivity index (χ2n) is 4.88.